The highest BCUT2D eigenvalue weighted by molar-refractivity contribution is 7.98. The van der Waals surface area contributed by atoms with Crippen molar-refractivity contribution in [2.24, 2.45) is 0 Å². The van der Waals surface area contributed by atoms with Crippen LogP contribution in [-0.4, -0.2) is 49.0 Å². The van der Waals surface area contributed by atoms with E-state index in [1.54, 1.807) is 11.8 Å². The molecule has 5 rings (SSSR count). The molecule has 3 heterocycles. The van der Waals surface area contributed by atoms with Gasteiger partial charge in [0.25, 0.3) is 5.89 Å². The van der Waals surface area contributed by atoms with Crippen LogP contribution in [-0.2, 0) is 6.54 Å². The summed E-state index contributed by atoms with van der Waals surface area (Å²) in [5.41, 5.74) is 1.95. The second-order valence-corrected chi connectivity index (χ2v) is 9.48. The third-order valence-electron chi connectivity index (χ3n) is 6.02. The molecule has 9 heteroatoms. The lowest BCUT2D eigenvalue weighted by Crippen LogP contribution is -2.40. The summed E-state index contributed by atoms with van der Waals surface area (Å²) in [5, 5.41) is 8.34. The first-order chi connectivity index (χ1) is 16.7. The van der Waals surface area contributed by atoms with Crippen LogP contribution in [0.2, 0.25) is 0 Å². The first kappa shape index (κ1) is 22.6. The topological polar surface area (TPSA) is 72.0 Å². The predicted molar refractivity (Wildman–Crippen MR) is 139 cm³/mol. The number of aromatic nitrogens is 4. The van der Waals surface area contributed by atoms with E-state index in [-0.39, 0.29) is 0 Å². The number of nitrogens with zero attached hydrogens (tertiary/aromatic N) is 5. The van der Waals surface area contributed by atoms with E-state index in [0.29, 0.717) is 24.2 Å². The van der Waals surface area contributed by atoms with Crippen LogP contribution in [0.4, 0.5) is 5.69 Å². The maximum Gasteiger partial charge on any atom is 0.257 e. The van der Waals surface area contributed by atoms with E-state index >= 15 is 0 Å². The highest BCUT2D eigenvalue weighted by Gasteiger charge is 2.25. The Morgan fingerprint density at radius 1 is 1.15 bits per heavy atom. The molecule has 0 spiro atoms. The van der Waals surface area contributed by atoms with Crippen molar-refractivity contribution in [3.05, 3.63) is 78.6 Å². The van der Waals surface area contributed by atoms with E-state index in [1.807, 2.05) is 42.7 Å². The van der Waals surface area contributed by atoms with Gasteiger partial charge in [0.1, 0.15) is 5.82 Å². The van der Waals surface area contributed by atoms with E-state index in [9.17, 15) is 0 Å². The number of anilines is 1. The summed E-state index contributed by atoms with van der Waals surface area (Å²) in [7, 11) is 0. The van der Waals surface area contributed by atoms with Crippen molar-refractivity contribution in [1.29, 1.82) is 0 Å². The molecule has 1 N–H and O–H groups in total. The Labute approximate surface area is 208 Å². The molecule has 0 bridgehead atoms. The van der Waals surface area contributed by atoms with Crippen LogP contribution in [0, 0.1) is 0 Å². The SMILES string of the molecule is CSc1cccc(NC(=S)N2CCC(c3nccn3Cc3noc(-c4ccccc4)n3)CC2)c1. The van der Waals surface area contributed by atoms with Gasteiger partial charge in [-0.2, -0.15) is 4.98 Å². The fourth-order valence-electron chi connectivity index (χ4n) is 4.23. The number of thiocarbonyl (C=S) groups is 1. The lowest BCUT2D eigenvalue weighted by molar-refractivity contribution is 0.306. The Bertz CT molecular complexity index is 1250. The highest BCUT2D eigenvalue weighted by atomic mass is 32.2. The molecular weight excluding hydrogens is 464 g/mol. The van der Waals surface area contributed by atoms with Crippen LogP contribution in [0.15, 0.2) is 76.4 Å². The summed E-state index contributed by atoms with van der Waals surface area (Å²) in [6, 6.07) is 18.1. The second-order valence-electron chi connectivity index (χ2n) is 8.22. The molecular formula is C25H26N6OS2. The molecule has 1 saturated heterocycles. The molecule has 1 aliphatic heterocycles. The van der Waals surface area contributed by atoms with Gasteiger partial charge in [0.2, 0.25) is 0 Å². The number of imidazole rings is 1. The minimum Gasteiger partial charge on any atom is -0.349 e. The summed E-state index contributed by atoms with van der Waals surface area (Å²) in [4.78, 5) is 12.7. The first-order valence-corrected chi connectivity index (χ1v) is 12.9. The molecule has 0 atom stereocenters. The van der Waals surface area contributed by atoms with Crippen molar-refractivity contribution >= 4 is 34.8 Å². The van der Waals surface area contributed by atoms with Crippen molar-refractivity contribution in [3.63, 3.8) is 0 Å². The third kappa shape index (κ3) is 5.15. The molecule has 174 valence electrons. The average Bonchev–Trinajstić information content (AvgIpc) is 3.55. The van der Waals surface area contributed by atoms with Gasteiger partial charge in [-0.15, -0.1) is 11.8 Å². The van der Waals surface area contributed by atoms with Gasteiger partial charge in [-0.25, -0.2) is 4.98 Å². The lowest BCUT2D eigenvalue weighted by Gasteiger charge is -2.33. The zero-order valence-electron chi connectivity index (χ0n) is 18.9. The number of nitrogens with one attached hydrogen (secondary N) is 1. The molecule has 0 radical (unpaired) electrons. The molecule has 0 saturated carbocycles. The standard InChI is InChI=1S/C25H26N6OS2/c1-34-21-9-5-8-20(16-21)27-25(33)30-13-10-18(11-14-30)23-26-12-15-31(23)17-22-28-24(32-29-22)19-6-3-2-4-7-19/h2-9,12,15-16,18H,10-11,13-14,17H2,1H3,(H,27,33). The van der Waals surface area contributed by atoms with Gasteiger partial charge < -0.3 is 19.3 Å². The molecule has 1 fully saturated rings. The molecule has 0 amide bonds. The van der Waals surface area contributed by atoms with Crippen molar-refractivity contribution in [2.45, 2.75) is 30.2 Å². The van der Waals surface area contributed by atoms with Crippen molar-refractivity contribution in [2.75, 3.05) is 24.7 Å². The maximum atomic E-state index is 5.69. The molecule has 2 aromatic carbocycles. The molecule has 0 aliphatic carbocycles. The van der Waals surface area contributed by atoms with Gasteiger partial charge in [-0.1, -0.05) is 29.4 Å². The first-order valence-electron chi connectivity index (χ1n) is 11.3. The smallest absolute Gasteiger partial charge is 0.257 e. The minimum absolute atomic E-state index is 0.370. The van der Waals surface area contributed by atoms with Crippen LogP contribution in [0.25, 0.3) is 11.5 Å². The summed E-state index contributed by atoms with van der Waals surface area (Å²) in [6.07, 6.45) is 7.90. The van der Waals surface area contributed by atoms with Gasteiger partial charge in [-0.3, -0.25) is 0 Å². The maximum absolute atomic E-state index is 5.69. The monoisotopic (exact) mass is 490 g/mol. The number of benzene rings is 2. The van der Waals surface area contributed by atoms with Gasteiger partial charge in [-0.05, 0) is 61.6 Å². The Balaban J connectivity index is 1.19. The number of hydrogen-bond donors (Lipinski definition) is 1. The van der Waals surface area contributed by atoms with E-state index < -0.39 is 0 Å². The Morgan fingerprint density at radius 2 is 1.97 bits per heavy atom. The molecule has 34 heavy (non-hydrogen) atoms. The van der Waals surface area contributed by atoms with Crippen LogP contribution in [0.5, 0.6) is 0 Å². The van der Waals surface area contributed by atoms with E-state index in [1.165, 1.54) is 4.90 Å². The zero-order chi connectivity index (χ0) is 23.3. The molecule has 4 aromatic rings. The largest absolute Gasteiger partial charge is 0.349 e. The summed E-state index contributed by atoms with van der Waals surface area (Å²) < 4.78 is 7.59. The summed E-state index contributed by atoms with van der Waals surface area (Å²) in [5.74, 6) is 2.62. The Kier molecular flexibility index (Phi) is 6.92. The van der Waals surface area contributed by atoms with Gasteiger partial charge >= 0.3 is 0 Å². The Hall–Kier alpha value is -3.17. The quantitative estimate of drug-likeness (QED) is 0.289. The average molecular weight is 491 g/mol. The molecule has 2 aromatic heterocycles. The number of rotatable bonds is 6. The minimum atomic E-state index is 0.370. The summed E-state index contributed by atoms with van der Waals surface area (Å²) >= 11 is 7.41. The van der Waals surface area contributed by atoms with Crippen molar-refractivity contribution < 1.29 is 4.52 Å². The number of likely N-dealkylation sites (tertiary alicyclic amines) is 1. The van der Waals surface area contributed by atoms with Crippen LogP contribution in [0.3, 0.4) is 0 Å². The fourth-order valence-corrected chi connectivity index (χ4v) is 4.99. The normalized spacial score (nSPS) is 14.3. The summed E-state index contributed by atoms with van der Waals surface area (Å²) in [6.45, 7) is 2.33. The van der Waals surface area contributed by atoms with E-state index in [2.05, 4.69) is 60.4 Å². The fraction of sp³-hybridized carbons (Fsp3) is 0.280. The van der Waals surface area contributed by atoms with Crippen LogP contribution >= 0.6 is 24.0 Å². The van der Waals surface area contributed by atoms with Gasteiger partial charge in [0, 0.05) is 47.5 Å². The highest BCUT2D eigenvalue weighted by Crippen LogP contribution is 2.28. The number of hydrogen-bond acceptors (Lipinski definition) is 6. The van der Waals surface area contributed by atoms with Gasteiger partial charge in [0.05, 0.1) is 6.54 Å². The van der Waals surface area contributed by atoms with E-state index in [4.69, 9.17) is 16.7 Å². The zero-order valence-corrected chi connectivity index (χ0v) is 20.6. The molecule has 7 nitrogen and oxygen atoms in total. The van der Waals surface area contributed by atoms with Crippen LogP contribution in [0.1, 0.15) is 30.4 Å². The van der Waals surface area contributed by atoms with E-state index in [0.717, 1.165) is 48.1 Å². The molecule has 0 unspecified atom stereocenters. The Morgan fingerprint density at radius 3 is 2.76 bits per heavy atom. The number of thioether (sulfide) groups is 1. The molecule has 1 aliphatic rings. The van der Waals surface area contributed by atoms with Crippen molar-refractivity contribution in [3.8, 4) is 11.5 Å². The van der Waals surface area contributed by atoms with Crippen LogP contribution < -0.4 is 5.32 Å². The third-order valence-corrected chi connectivity index (χ3v) is 7.10. The lowest BCUT2D eigenvalue weighted by atomic mass is 9.96. The number of piperidine rings is 1. The predicted octanol–water partition coefficient (Wildman–Crippen LogP) is 5.28. The second kappa shape index (κ2) is 10.4. The van der Waals surface area contributed by atoms with Gasteiger partial charge in [0.15, 0.2) is 10.9 Å². The van der Waals surface area contributed by atoms with Crippen molar-refractivity contribution in [1.82, 2.24) is 24.6 Å².